The van der Waals surface area contributed by atoms with Gasteiger partial charge >= 0.3 is 6.18 Å². The molecule has 0 saturated carbocycles. The van der Waals surface area contributed by atoms with E-state index in [0.29, 0.717) is 17.8 Å². The molecule has 0 bridgehead atoms. The molecule has 0 amide bonds. The zero-order valence-corrected chi connectivity index (χ0v) is 12.2. The van der Waals surface area contributed by atoms with E-state index in [1.165, 1.54) is 11.7 Å². The molecule has 0 radical (unpaired) electrons. The Labute approximate surface area is 125 Å². The second-order valence-electron chi connectivity index (χ2n) is 4.22. The summed E-state index contributed by atoms with van der Waals surface area (Å²) >= 11 is 3.10. The highest BCUT2D eigenvalue weighted by Crippen LogP contribution is 2.34. The highest BCUT2D eigenvalue weighted by atomic mass is 79.9. The molecule has 1 unspecified atom stereocenters. The average molecular weight is 368 g/mol. The fraction of sp³-hybridized carbons (Fsp3) is 0.273. The third-order valence-electron chi connectivity index (χ3n) is 2.90. The van der Waals surface area contributed by atoms with Crippen LogP contribution < -0.4 is 11.3 Å². The van der Waals surface area contributed by atoms with Crippen molar-refractivity contribution >= 4 is 15.9 Å². The second kappa shape index (κ2) is 5.70. The van der Waals surface area contributed by atoms with Gasteiger partial charge in [-0.3, -0.25) is 5.84 Å². The monoisotopic (exact) mass is 367 g/mol. The van der Waals surface area contributed by atoms with Crippen LogP contribution in [0.15, 0.2) is 22.8 Å². The smallest absolute Gasteiger partial charge is 0.271 e. The Hall–Kier alpha value is -1.52. The van der Waals surface area contributed by atoms with Crippen molar-refractivity contribution in [3.63, 3.8) is 0 Å². The van der Waals surface area contributed by atoms with Gasteiger partial charge in [-0.1, -0.05) is 5.21 Å². The molecule has 114 valence electrons. The number of aryl methyl sites for hydroxylation is 1. The molecule has 2 rings (SSSR count). The van der Waals surface area contributed by atoms with Crippen LogP contribution in [0.3, 0.4) is 0 Å². The topological polar surface area (TPSA) is 68.8 Å². The minimum Gasteiger partial charge on any atom is -0.271 e. The number of nitrogens with two attached hydrogens (primary N) is 1. The van der Waals surface area contributed by atoms with E-state index < -0.39 is 23.6 Å². The highest BCUT2D eigenvalue weighted by Gasteiger charge is 2.33. The van der Waals surface area contributed by atoms with Crippen LogP contribution in [0.5, 0.6) is 0 Å². The Bertz CT molecular complexity index is 635. The third-order valence-corrected chi connectivity index (χ3v) is 3.47. The van der Waals surface area contributed by atoms with E-state index in [-0.39, 0.29) is 10.2 Å². The van der Waals surface area contributed by atoms with Gasteiger partial charge in [-0.2, -0.15) is 13.2 Å². The average Bonchev–Trinajstić information content (AvgIpc) is 2.72. The lowest BCUT2D eigenvalue weighted by atomic mass is 10.0. The van der Waals surface area contributed by atoms with Crippen LogP contribution in [-0.2, 0) is 13.2 Å². The normalized spacial score (nSPS) is 13.5. The van der Waals surface area contributed by atoms with Gasteiger partial charge in [-0.05, 0) is 34.1 Å². The highest BCUT2D eigenvalue weighted by molar-refractivity contribution is 9.10. The summed E-state index contributed by atoms with van der Waals surface area (Å²) in [5, 5.41) is 7.39. The molecule has 10 heteroatoms. The summed E-state index contributed by atoms with van der Waals surface area (Å²) in [6.45, 7) is 0. The number of hydrogen-bond acceptors (Lipinski definition) is 4. The molecule has 1 atom stereocenters. The molecule has 0 aliphatic carbocycles. The van der Waals surface area contributed by atoms with Gasteiger partial charge in [0.05, 0.1) is 17.3 Å². The van der Waals surface area contributed by atoms with E-state index in [1.807, 2.05) is 0 Å². The van der Waals surface area contributed by atoms with Crippen LogP contribution in [0.25, 0.3) is 0 Å². The van der Waals surface area contributed by atoms with E-state index in [1.54, 1.807) is 0 Å². The zero-order valence-electron chi connectivity index (χ0n) is 10.6. The van der Waals surface area contributed by atoms with Gasteiger partial charge in [0.1, 0.15) is 5.82 Å². The summed E-state index contributed by atoms with van der Waals surface area (Å²) in [7, 11) is 1.52. The Morgan fingerprint density at radius 1 is 1.38 bits per heavy atom. The lowest BCUT2D eigenvalue weighted by Gasteiger charge is -2.19. The number of hydrazine groups is 1. The van der Waals surface area contributed by atoms with E-state index in [4.69, 9.17) is 5.84 Å². The number of rotatable bonds is 3. The van der Waals surface area contributed by atoms with Crippen molar-refractivity contribution in [1.82, 2.24) is 20.4 Å². The first-order valence-corrected chi connectivity index (χ1v) is 6.43. The molecule has 1 aromatic heterocycles. The van der Waals surface area contributed by atoms with Crippen molar-refractivity contribution < 1.29 is 17.6 Å². The predicted molar refractivity (Wildman–Crippen MR) is 69.3 cm³/mol. The van der Waals surface area contributed by atoms with Gasteiger partial charge in [0, 0.05) is 12.6 Å². The molecule has 5 nitrogen and oxygen atoms in total. The number of halogens is 5. The minimum absolute atomic E-state index is 0.251. The largest absolute Gasteiger partial charge is 0.416 e. The number of nitrogens with one attached hydrogen (secondary N) is 1. The number of aromatic nitrogens is 3. The van der Waals surface area contributed by atoms with E-state index in [0.717, 1.165) is 6.07 Å². The van der Waals surface area contributed by atoms with Gasteiger partial charge < -0.3 is 0 Å². The Kier molecular flexibility index (Phi) is 4.30. The van der Waals surface area contributed by atoms with Gasteiger partial charge in [0.15, 0.2) is 4.60 Å². The molecule has 3 N–H and O–H groups in total. The first-order chi connectivity index (χ1) is 9.75. The molecule has 21 heavy (non-hydrogen) atoms. The lowest BCUT2D eigenvalue weighted by molar-refractivity contribution is -0.137. The fourth-order valence-corrected chi connectivity index (χ4v) is 2.46. The third kappa shape index (κ3) is 3.06. The zero-order chi connectivity index (χ0) is 15.8. The number of hydrogen-bond donors (Lipinski definition) is 2. The summed E-state index contributed by atoms with van der Waals surface area (Å²) in [6.07, 6.45) is -4.58. The minimum atomic E-state index is -4.58. The molecule has 1 aromatic carbocycles. The van der Waals surface area contributed by atoms with Crippen molar-refractivity contribution in [2.75, 3.05) is 0 Å². The molecular weight excluding hydrogens is 358 g/mol. The van der Waals surface area contributed by atoms with Gasteiger partial charge in [-0.15, -0.1) is 5.10 Å². The standard InChI is InChI=1S/C11H10BrF4N5/c1-21-9(10(12)19-20-21)8(18-17)6-4-5(11(14,15)16)2-3-7(6)13/h2-4,8,18H,17H2,1H3. The van der Waals surface area contributed by atoms with Crippen molar-refractivity contribution in [3.8, 4) is 0 Å². The quantitative estimate of drug-likeness (QED) is 0.496. The van der Waals surface area contributed by atoms with E-state index in [9.17, 15) is 17.6 Å². The fourth-order valence-electron chi connectivity index (χ4n) is 1.90. The predicted octanol–water partition coefficient (Wildman–Crippen LogP) is 2.29. The SMILES string of the molecule is Cn1nnc(Br)c1C(NN)c1cc(C(F)(F)F)ccc1F. The van der Waals surface area contributed by atoms with E-state index >= 15 is 0 Å². The molecule has 0 fully saturated rings. The summed E-state index contributed by atoms with van der Waals surface area (Å²) in [6, 6.07) is 1.09. The summed E-state index contributed by atoms with van der Waals surface area (Å²) in [5.74, 6) is 4.55. The number of benzene rings is 1. The Morgan fingerprint density at radius 3 is 2.52 bits per heavy atom. The van der Waals surface area contributed by atoms with Crippen LogP contribution in [-0.4, -0.2) is 15.0 Å². The van der Waals surface area contributed by atoms with Crippen LogP contribution in [0.2, 0.25) is 0 Å². The van der Waals surface area contributed by atoms with Crippen LogP contribution >= 0.6 is 15.9 Å². The van der Waals surface area contributed by atoms with Crippen molar-refractivity contribution in [1.29, 1.82) is 0 Å². The van der Waals surface area contributed by atoms with E-state index in [2.05, 4.69) is 31.7 Å². The van der Waals surface area contributed by atoms with Crippen LogP contribution in [0.1, 0.15) is 22.9 Å². The Balaban J connectivity index is 2.58. The number of nitrogens with zero attached hydrogens (tertiary/aromatic N) is 3. The van der Waals surface area contributed by atoms with Gasteiger partial charge in [-0.25, -0.2) is 14.5 Å². The number of alkyl halides is 3. The molecule has 1 heterocycles. The molecule has 2 aromatic rings. The maximum Gasteiger partial charge on any atom is 0.416 e. The summed E-state index contributed by atoms with van der Waals surface area (Å²) < 4.78 is 53.7. The summed E-state index contributed by atoms with van der Waals surface area (Å²) in [4.78, 5) is 0. The molecular formula is C11H10BrF4N5. The molecule has 0 aliphatic heterocycles. The van der Waals surface area contributed by atoms with Crippen molar-refractivity contribution in [2.24, 2.45) is 12.9 Å². The lowest BCUT2D eigenvalue weighted by Crippen LogP contribution is -2.31. The summed E-state index contributed by atoms with van der Waals surface area (Å²) in [5.41, 5.74) is 1.37. The second-order valence-corrected chi connectivity index (χ2v) is 4.97. The van der Waals surface area contributed by atoms with Crippen molar-refractivity contribution in [2.45, 2.75) is 12.2 Å². The molecule has 0 saturated heterocycles. The first-order valence-electron chi connectivity index (χ1n) is 5.63. The van der Waals surface area contributed by atoms with Crippen molar-refractivity contribution in [3.05, 3.63) is 45.4 Å². The maximum atomic E-state index is 13.9. The maximum absolute atomic E-state index is 13.9. The van der Waals surface area contributed by atoms with Crippen LogP contribution in [0.4, 0.5) is 17.6 Å². The first kappa shape index (κ1) is 15.9. The molecule has 0 aliphatic rings. The van der Waals surface area contributed by atoms with Gasteiger partial charge in [0.2, 0.25) is 0 Å². The van der Waals surface area contributed by atoms with Crippen LogP contribution in [0, 0.1) is 5.82 Å². The van der Waals surface area contributed by atoms with Gasteiger partial charge in [0.25, 0.3) is 0 Å². The Morgan fingerprint density at radius 2 is 2.05 bits per heavy atom. The molecule has 0 spiro atoms.